The van der Waals surface area contributed by atoms with Crippen molar-refractivity contribution < 1.29 is 14.3 Å². The van der Waals surface area contributed by atoms with Gasteiger partial charge in [0.25, 0.3) is 5.91 Å². The smallest absolute Gasteiger partial charge is 0.257 e. The molecule has 0 aliphatic heterocycles. The highest BCUT2D eigenvalue weighted by molar-refractivity contribution is 6.37. The minimum atomic E-state index is -0.399. The highest BCUT2D eigenvalue weighted by atomic mass is 35.5. The number of hydrogen-bond donors (Lipinski definition) is 2. The van der Waals surface area contributed by atoms with E-state index in [1.807, 2.05) is 0 Å². The van der Waals surface area contributed by atoms with E-state index in [1.54, 1.807) is 43.6 Å². The monoisotopic (exact) mass is 418 g/mol. The summed E-state index contributed by atoms with van der Waals surface area (Å²) in [4.78, 5) is 24.5. The molecule has 2 N–H and O–H groups in total. The normalized spacial score (nSPS) is 10.4. The van der Waals surface area contributed by atoms with E-state index in [1.165, 1.54) is 23.0 Å². The molecule has 7 nitrogen and oxygen atoms in total. The number of carbonyl (C=O) groups is 2. The zero-order chi connectivity index (χ0) is 20.1. The summed E-state index contributed by atoms with van der Waals surface area (Å²) in [7, 11) is 1.57. The number of nitrogens with zero attached hydrogens (tertiary/aromatic N) is 2. The van der Waals surface area contributed by atoms with Gasteiger partial charge in [-0.25, -0.2) is 0 Å². The van der Waals surface area contributed by atoms with Crippen molar-refractivity contribution in [3.8, 4) is 5.75 Å². The van der Waals surface area contributed by atoms with Crippen LogP contribution in [0, 0.1) is 0 Å². The zero-order valence-electron chi connectivity index (χ0n) is 14.8. The standard InChI is InChI=1S/C19H16Cl2N4O3/c1-28-15-5-3-13(4-6-15)23-18(26)11-25-10-14(9-22-25)24-19(27)16-7-2-12(20)8-17(16)21/h2-10H,11H2,1H3,(H,23,26)(H,24,27). The lowest BCUT2D eigenvalue weighted by molar-refractivity contribution is -0.116. The fourth-order valence-electron chi connectivity index (χ4n) is 2.41. The molecule has 9 heteroatoms. The van der Waals surface area contributed by atoms with Crippen LogP contribution in [0.4, 0.5) is 11.4 Å². The molecule has 0 aliphatic carbocycles. The predicted octanol–water partition coefficient (Wildman–Crippen LogP) is 4.09. The lowest BCUT2D eigenvalue weighted by Crippen LogP contribution is -2.19. The Morgan fingerprint density at radius 3 is 2.50 bits per heavy atom. The number of carbonyl (C=O) groups excluding carboxylic acids is 2. The third kappa shape index (κ3) is 5.03. The summed E-state index contributed by atoms with van der Waals surface area (Å²) in [6.45, 7) is -0.0103. The molecule has 0 bridgehead atoms. The Bertz CT molecular complexity index is 1000. The van der Waals surface area contributed by atoms with Gasteiger partial charge in [0, 0.05) is 16.9 Å². The lowest BCUT2D eigenvalue weighted by atomic mass is 10.2. The van der Waals surface area contributed by atoms with E-state index in [2.05, 4.69) is 15.7 Å². The molecule has 0 fully saturated rings. The zero-order valence-corrected chi connectivity index (χ0v) is 16.3. The lowest BCUT2D eigenvalue weighted by Gasteiger charge is -2.06. The molecule has 2 aromatic carbocycles. The molecule has 0 unspecified atom stereocenters. The molecule has 3 aromatic rings. The average molecular weight is 419 g/mol. The molecule has 0 saturated heterocycles. The van der Waals surface area contributed by atoms with Crippen LogP contribution >= 0.6 is 23.2 Å². The Kier molecular flexibility index (Phi) is 6.18. The van der Waals surface area contributed by atoms with Crippen molar-refractivity contribution >= 4 is 46.4 Å². The third-order valence-corrected chi connectivity index (χ3v) is 4.29. The topological polar surface area (TPSA) is 85.2 Å². The van der Waals surface area contributed by atoms with Crippen molar-refractivity contribution in [2.45, 2.75) is 6.54 Å². The maximum absolute atomic E-state index is 12.3. The molecule has 0 radical (unpaired) electrons. The molecule has 0 spiro atoms. The summed E-state index contributed by atoms with van der Waals surface area (Å²) in [5.74, 6) is 0.0436. The molecule has 0 saturated carbocycles. The second-order valence-electron chi connectivity index (χ2n) is 5.78. The van der Waals surface area contributed by atoms with Crippen molar-refractivity contribution in [2.75, 3.05) is 17.7 Å². The molecule has 1 aromatic heterocycles. The summed E-state index contributed by atoms with van der Waals surface area (Å²) in [5, 5.41) is 10.2. The summed E-state index contributed by atoms with van der Waals surface area (Å²) in [5.41, 5.74) is 1.37. The second kappa shape index (κ2) is 8.77. The van der Waals surface area contributed by atoms with Gasteiger partial charge in [-0.15, -0.1) is 0 Å². The van der Waals surface area contributed by atoms with Crippen LogP contribution in [0.25, 0.3) is 0 Å². The molecular formula is C19H16Cl2N4O3. The van der Waals surface area contributed by atoms with Crippen molar-refractivity contribution in [3.63, 3.8) is 0 Å². The molecule has 0 aliphatic rings. The largest absolute Gasteiger partial charge is 0.497 e. The second-order valence-corrected chi connectivity index (χ2v) is 6.63. The number of rotatable bonds is 6. The van der Waals surface area contributed by atoms with Crippen molar-refractivity contribution in [2.24, 2.45) is 0 Å². The fourth-order valence-corrected chi connectivity index (χ4v) is 2.90. The van der Waals surface area contributed by atoms with Gasteiger partial charge in [-0.2, -0.15) is 5.10 Å². The van der Waals surface area contributed by atoms with Gasteiger partial charge < -0.3 is 15.4 Å². The van der Waals surface area contributed by atoms with Gasteiger partial charge in [-0.1, -0.05) is 23.2 Å². The van der Waals surface area contributed by atoms with Gasteiger partial charge in [0.2, 0.25) is 5.91 Å². The van der Waals surface area contributed by atoms with Gasteiger partial charge in [-0.05, 0) is 42.5 Å². The van der Waals surface area contributed by atoms with Crippen LogP contribution in [-0.4, -0.2) is 28.7 Å². The number of nitrogens with one attached hydrogen (secondary N) is 2. The molecule has 144 valence electrons. The first kappa shape index (κ1) is 19.7. The van der Waals surface area contributed by atoms with Crippen LogP contribution in [0.2, 0.25) is 10.0 Å². The highest BCUT2D eigenvalue weighted by Crippen LogP contribution is 2.22. The van der Waals surface area contributed by atoms with E-state index in [9.17, 15) is 9.59 Å². The van der Waals surface area contributed by atoms with E-state index in [0.29, 0.717) is 22.1 Å². The van der Waals surface area contributed by atoms with E-state index in [0.717, 1.165) is 0 Å². The summed E-state index contributed by atoms with van der Waals surface area (Å²) >= 11 is 11.9. The number of aromatic nitrogens is 2. The van der Waals surface area contributed by atoms with Crippen molar-refractivity contribution in [1.82, 2.24) is 9.78 Å². The first-order chi connectivity index (χ1) is 13.4. The van der Waals surface area contributed by atoms with Gasteiger partial charge in [-0.3, -0.25) is 14.3 Å². The van der Waals surface area contributed by atoms with Gasteiger partial charge in [0.15, 0.2) is 0 Å². The van der Waals surface area contributed by atoms with Crippen LogP contribution < -0.4 is 15.4 Å². The number of halogens is 2. The predicted molar refractivity (Wildman–Crippen MR) is 108 cm³/mol. The first-order valence-electron chi connectivity index (χ1n) is 8.17. The Labute approximate surface area is 171 Å². The Morgan fingerprint density at radius 2 is 1.82 bits per heavy atom. The molecule has 0 atom stereocenters. The quantitative estimate of drug-likeness (QED) is 0.631. The minimum Gasteiger partial charge on any atom is -0.497 e. The van der Waals surface area contributed by atoms with Crippen LogP contribution in [0.1, 0.15) is 10.4 Å². The summed E-state index contributed by atoms with van der Waals surface area (Å²) in [6, 6.07) is 11.6. The summed E-state index contributed by atoms with van der Waals surface area (Å²) < 4.78 is 6.49. The highest BCUT2D eigenvalue weighted by Gasteiger charge is 2.13. The SMILES string of the molecule is COc1ccc(NC(=O)Cn2cc(NC(=O)c3ccc(Cl)cc3Cl)cn2)cc1. The number of amides is 2. The van der Waals surface area contributed by atoms with Crippen LogP contribution in [0.5, 0.6) is 5.75 Å². The van der Waals surface area contributed by atoms with Crippen molar-refractivity contribution in [3.05, 3.63) is 70.5 Å². The van der Waals surface area contributed by atoms with Gasteiger partial charge >= 0.3 is 0 Å². The maximum Gasteiger partial charge on any atom is 0.257 e. The molecule has 3 rings (SSSR count). The Hall–Kier alpha value is -3.03. The number of benzene rings is 2. The summed E-state index contributed by atoms with van der Waals surface area (Å²) in [6.07, 6.45) is 3.00. The van der Waals surface area contributed by atoms with Crippen LogP contribution in [0.3, 0.4) is 0 Å². The van der Waals surface area contributed by atoms with E-state index >= 15 is 0 Å². The van der Waals surface area contributed by atoms with Crippen LogP contribution in [-0.2, 0) is 11.3 Å². The molecule has 1 heterocycles. The third-order valence-electron chi connectivity index (χ3n) is 3.75. The Morgan fingerprint density at radius 1 is 1.07 bits per heavy atom. The molecule has 28 heavy (non-hydrogen) atoms. The van der Waals surface area contributed by atoms with Crippen molar-refractivity contribution in [1.29, 1.82) is 0 Å². The maximum atomic E-state index is 12.3. The number of ether oxygens (including phenoxy) is 1. The molecule has 2 amide bonds. The fraction of sp³-hybridized carbons (Fsp3) is 0.105. The van der Waals surface area contributed by atoms with E-state index in [4.69, 9.17) is 27.9 Å². The minimum absolute atomic E-state index is 0.0103. The number of hydrogen-bond acceptors (Lipinski definition) is 4. The average Bonchev–Trinajstić information content (AvgIpc) is 3.08. The van der Waals surface area contributed by atoms with Gasteiger partial charge in [0.1, 0.15) is 12.3 Å². The molecular weight excluding hydrogens is 403 g/mol. The van der Waals surface area contributed by atoms with Crippen LogP contribution in [0.15, 0.2) is 54.9 Å². The van der Waals surface area contributed by atoms with Gasteiger partial charge in [0.05, 0.1) is 29.6 Å². The van der Waals surface area contributed by atoms with E-state index in [-0.39, 0.29) is 23.0 Å². The number of anilines is 2. The number of methoxy groups -OCH3 is 1. The Balaban J connectivity index is 1.58. The first-order valence-corrected chi connectivity index (χ1v) is 8.93. The van der Waals surface area contributed by atoms with E-state index < -0.39 is 5.91 Å².